The van der Waals surface area contributed by atoms with Gasteiger partial charge in [0.15, 0.2) is 17.5 Å². The lowest BCUT2D eigenvalue weighted by Crippen LogP contribution is -2.01. The molecule has 0 aliphatic rings. The molecule has 0 N–H and O–H groups in total. The quantitative estimate of drug-likeness (QED) is 0.213. The Morgan fingerprint density at radius 2 is 1.05 bits per heavy atom. The average Bonchev–Trinajstić information content (AvgIpc) is 3.64. The van der Waals surface area contributed by atoms with Crippen molar-refractivity contribution >= 4 is 43.9 Å². The first-order chi connectivity index (χ1) is 21.8. The molecule has 0 amide bonds. The van der Waals surface area contributed by atoms with Crippen molar-refractivity contribution in [3.63, 3.8) is 0 Å². The van der Waals surface area contributed by atoms with Crippen LogP contribution in [-0.2, 0) is 0 Å². The van der Waals surface area contributed by atoms with Crippen LogP contribution in [0.25, 0.3) is 83.7 Å². The fourth-order valence-electron chi connectivity index (χ4n) is 6.16. The first kappa shape index (κ1) is 24.5. The minimum atomic E-state index is 0.567. The van der Waals surface area contributed by atoms with Gasteiger partial charge in [-0.1, -0.05) is 97.1 Å². The van der Waals surface area contributed by atoms with Gasteiger partial charge in [-0.2, -0.15) is 0 Å². The maximum Gasteiger partial charge on any atom is 0.227 e. The van der Waals surface area contributed by atoms with Crippen LogP contribution in [0.1, 0.15) is 0 Å². The molecule has 0 saturated heterocycles. The summed E-state index contributed by atoms with van der Waals surface area (Å²) in [6.45, 7) is 0. The van der Waals surface area contributed by atoms with Crippen LogP contribution >= 0.6 is 0 Å². The van der Waals surface area contributed by atoms with Gasteiger partial charge in [0, 0.05) is 50.5 Å². The average molecular weight is 566 g/mol. The number of benzene rings is 5. The lowest BCUT2D eigenvalue weighted by atomic mass is 10.0. The van der Waals surface area contributed by atoms with Gasteiger partial charge in [-0.3, -0.25) is 0 Å². The lowest BCUT2D eigenvalue weighted by Gasteiger charge is -2.13. The number of hydrogen-bond donors (Lipinski definition) is 0. The summed E-state index contributed by atoms with van der Waals surface area (Å²) in [5, 5.41) is 4.21. The molecule has 9 rings (SSSR count). The smallest absolute Gasteiger partial charge is 0.227 e. The fraction of sp³-hybridized carbons (Fsp3) is 0. The second-order valence-corrected chi connectivity index (χ2v) is 10.7. The summed E-state index contributed by atoms with van der Waals surface area (Å²) in [6, 6.07) is 45.3. The highest BCUT2D eigenvalue weighted by atomic mass is 16.3. The molecule has 0 unspecified atom stereocenters. The summed E-state index contributed by atoms with van der Waals surface area (Å²) in [4.78, 5) is 19.6. The van der Waals surface area contributed by atoms with E-state index in [9.17, 15) is 0 Å². The molecule has 0 atom stereocenters. The summed E-state index contributed by atoms with van der Waals surface area (Å²) >= 11 is 0. The van der Waals surface area contributed by atoms with Crippen molar-refractivity contribution in [3.8, 4) is 39.9 Å². The SMILES string of the molecule is c1ccc(-c2nc(-c3ccccc3)nc(-c3cc(-n4c5ccccc5c5ccccc54)cc4oc5ncccc5c34)n2)cc1. The summed E-state index contributed by atoms with van der Waals surface area (Å²) in [7, 11) is 0. The van der Waals surface area contributed by atoms with Crippen molar-refractivity contribution in [1.82, 2.24) is 24.5 Å². The highest BCUT2D eigenvalue weighted by Gasteiger charge is 2.21. The molecule has 0 fully saturated rings. The normalized spacial score (nSPS) is 11.6. The number of rotatable bonds is 4. The van der Waals surface area contributed by atoms with Crippen LogP contribution in [0, 0.1) is 0 Å². The van der Waals surface area contributed by atoms with E-state index in [0.717, 1.165) is 49.8 Å². The topological polar surface area (TPSA) is 69.6 Å². The molecule has 0 aliphatic heterocycles. The number of nitrogens with zero attached hydrogens (tertiary/aromatic N) is 5. The molecule has 4 heterocycles. The minimum absolute atomic E-state index is 0.567. The van der Waals surface area contributed by atoms with Crippen molar-refractivity contribution in [2.75, 3.05) is 0 Å². The summed E-state index contributed by atoms with van der Waals surface area (Å²) in [5.41, 5.74) is 7.15. The molecule has 0 spiro atoms. The zero-order valence-electron chi connectivity index (χ0n) is 23.4. The summed E-state index contributed by atoms with van der Waals surface area (Å²) in [6.07, 6.45) is 1.75. The van der Waals surface area contributed by atoms with Crippen LogP contribution in [0.5, 0.6) is 0 Å². The van der Waals surface area contributed by atoms with Crippen LogP contribution < -0.4 is 0 Å². The highest BCUT2D eigenvalue weighted by Crippen LogP contribution is 2.40. The Hall–Kier alpha value is -6.14. The van der Waals surface area contributed by atoms with E-state index in [4.69, 9.17) is 19.4 Å². The predicted molar refractivity (Wildman–Crippen MR) is 176 cm³/mol. The zero-order valence-corrected chi connectivity index (χ0v) is 23.4. The van der Waals surface area contributed by atoms with Crippen LogP contribution in [0.3, 0.4) is 0 Å². The molecule has 6 heteroatoms. The number of para-hydroxylation sites is 2. The Labute approximate surface area is 251 Å². The monoisotopic (exact) mass is 565 g/mol. The number of furan rings is 1. The van der Waals surface area contributed by atoms with E-state index in [2.05, 4.69) is 70.2 Å². The molecule has 206 valence electrons. The summed E-state index contributed by atoms with van der Waals surface area (Å²) < 4.78 is 8.69. The number of aromatic nitrogens is 5. The van der Waals surface area contributed by atoms with Crippen molar-refractivity contribution in [2.24, 2.45) is 0 Å². The Morgan fingerprint density at radius 1 is 0.500 bits per heavy atom. The van der Waals surface area contributed by atoms with E-state index >= 15 is 0 Å². The molecule has 0 saturated carbocycles. The molecule has 0 bridgehead atoms. The van der Waals surface area contributed by atoms with Crippen molar-refractivity contribution in [3.05, 3.63) is 140 Å². The van der Waals surface area contributed by atoms with Crippen LogP contribution in [0.4, 0.5) is 0 Å². The molecule has 44 heavy (non-hydrogen) atoms. The zero-order chi connectivity index (χ0) is 29.0. The first-order valence-electron chi connectivity index (χ1n) is 14.5. The minimum Gasteiger partial charge on any atom is -0.438 e. The van der Waals surface area contributed by atoms with Crippen molar-refractivity contribution < 1.29 is 4.42 Å². The molecule has 9 aromatic rings. The van der Waals surface area contributed by atoms with Gasteiger partial charge in [0.25, 0.3) is 0 Å². The van der Waals surface area contributed by atoms with E-state index in [1.807, 2.05) is 72.8 Å². The van der Waals surface area contributed by atoms with Crippen molar-refractivity contribution in [1.29, 1.82) is 0 Å². The summed E-state index contributed by atoms with van der Waals surface area (Å²) in [5.74, 6) is 1.78. The molecule has 5 aromatic carbocycles. The molecule has 0 radical (unpaired) electrons. The van der Waals surface area contributed by atoms with Gasteiger partial charge in [0.2, 0.25) is 5.71 Å². The van der Waals surface area contributed by atoms with Gasteiger partial charge in [0.1, 0.15) is 5.58 Å². The molecule has 6 nitrogen and oxygen atoms in total. The first-order valence-corrected chi connectivity index (χ1v) is 14.5. The third-order valence-electron chi connectivity index (χ3n) is 8.11. The largest absolute Gasteiger partial charge is 0.438 e. The predicted octanol–water partition coefficient (Wildman–Crippen LogP) is 9.26. The third kappa shape index (κ3) is 3.82. The van der Waals surface area contributed by atoms with E-state index in [-0.39, 0.29) is 0 Å². The number of pyridine rings is 1. The number of hydrogen-bond acceptors (Lipinski definition) is 5. The van der Waals surface area contributed by atoms with Crippen molar-refractivity contribution in [2.45, 2.75) is 0 Å². The van der Waals surface area contributed by atoms with E-state index in [0.29, 0.717) is 23.2 Å². The van der Waals surface area contributed by atoms with Gasteiger partial charge >= 0.3 is 0 Å². The highest BCUT2D eigenvalue weighted by molar-refractivity contribution is 6.13. The second-order valence-electron chi connectivity index (χ2n) is 10.7. The van der Waals surface area contributed by atoms with Crippen LogP contribution in [-0.4, -0.2) is 24.5 Å². The van der Waals surface area contributed by atoms with E-state index in [1.165, 1.54) is 10.8 Å². The van der Waals surface area contributed by atoms with Crippen LogP contribution in [0.15, 0.2) is 144 Å². The maximum atomic E-state index is 6.41. The van der Waals surface area contributed by atoms with Gasteiger partial charge in [0.05, 0.1) is 16.7 Å². The van der Waals surface area contributed by atoms with E-state index in [1.54, 1.807) is 6.20 Å². The Morgan fingerprint density at radius 3 is 1.68 bits per heavy atom. The Bertz CT molecular complexity index is 2390. The standard InChI is InChI=1S/C38H23N5O/c1-3-12-24(13-4-1)35-40-36(25-14-5-2-6-15-25)42-37(41-35)30-22-26(23-33-34(30)29-18-11-21-39-38(29)44-33)43-31-19-9-7-16-27(31)28-17-8-10-20-32(28)43/h1-23H. The van der Waals surface area contributed by atoms with Gasteiger partial charge in [-0.25, -0.2) is 19.9 Å². The van der Waals surface area contributed by atoms with Gasteiger partial charge in [-0.15, -0.1) is 0 Å². The van der Waals surface area contributed by atoms with Gasteiger partial charge < -0.3 is 8.98 Å². The second kappa shape index (κ2) is 9.71. The number of fused-ring (bicyclic) bond motifs is 6. The Balaban J connectivity index is 1.40. The van der Waals surface area contributed by atoms with Crippen LogP contribution in [0.2, 0.25) is 0 Å². The molecular weight excluding hydrogens is 542 g/mol. The maximum absolute atomic E-state index is 6.41. The third-order valence-corrected chi connectivity index (χ3v) is 8.11. The van der Waals surface area contributed by atoms with Gasteiger partial charge in [-0.05, 0) is 30.3 Å². The molecular formula is C38H23N5O. The Kier molecular flexibility index (Phi) is 5.40. The fourth-order valence-corrected chi connectivity index (χ4v) is 6.16. The lowest BCUT2D eigenvalue weighted by molar-refractivity contribution is 0.654. The van der Waals surface area contributed by atoms with E-state index < -0.39 is 0 Å². The molecule has 4 aromatic heterocycles. The molecule has 0 aliphatic carbocycles.